The predicted molar refractivity (Wildman–Crippen MR) is 87.1 cm³/mol. The fraction of sp³-hybridized carbons (Fsp3) is 0.500. The molecular formula is C14H20BrClFN3O. The Labute approximate surface area is 139 Å². The van der Waals surface area contributed by atoms with Crippen molar-refractivity contribution in [3.8, 4) is 0 Å². The molecule has 0 unspecified atom stereocenters. The lowest BCUT2D eigenvalue weighted by molar-refractivity contribution is -0.132. The van der Waals surface area contributed by atoms with Gasteiger partial charge in [0.25, 0.3) is 0 Å². The van der Waals surface area contributed by atoms with E-state index in [0.717, 1.165) is 31.7 Å². The highest BCUT2D eigenvalue weighted by Crippen LogP contribution is 2.17. The first kappa shape index (κ1) is 18.4. The molecule has 0 spiro atoms. The lowest BCUT2D eigenvalue weighted by Gasteiger charge is -2.29. The maximum Gasteiger partial charge on any atom is 0.236 e. The van der Waals surface area contributed by atoms with Crippen molar-refractivity contribution in [3.05, 3.63) is 34.1 Å². The topological polar surface area (TPSA) is 35.6 Å². The number of halogens is 3. The molecule has 1 saturated heterocycles. The second kappa shape index (κ2) is 8.68. The van der Waals surface area contributed by atoms with Gasteiger partial charge in [0.1, 0.15) is 5.82 Å². The molecule has 0 radical (unpaired) electrons. The van der Waals surface area contributed by atoms with Crippen LogP contribution >= 0.6 is 28.3 Å². The molecule has 1 aromatic rings. The minimum atomic E-state index is -0.270. The molecule has 1 aromatic carbocycles. The van der Waals surface area contributed by atoms with Gasteiger partial charge in [0.15, 0.2) is 0 Å². The standard InChI is InChI=1S/C14H19BrFN3O.ClH/c1-18(9-11-2-3-13(16)12(15)8-11)10-14(20)19-6-4-17-5-7-19;/h2-3,8,17H,4-7,9-10H2,1H3;1H. The number of benzene rings is 1. The minimum absolute atomic E-state index is 0. The molecule has 1 aliphatic heterocycles. The molecule has 1 fully saturated rings. The number of rotatable bonds is 4. The summed E-state index contributed by atoms with van der Waals surface area (Å²) >= 11 is 3.17. The van der Waals surface area contributed by atoms with Gasteiger partial charge in [0.2, 0.25) is 5.91 Å². The summed E-state index contributed by atoms with van der Waals surface area (Å²) < 4.78 is 13.6. The van der Waals surface area contributed by atoms with Crippen molar-refractivity contribution in [2.75, 3.05) is 39.8 Å². The highest BCUT2D eigenvalue weighted by molar-refractivity contribution is 9.10. The Morgan fingerprint density at radius 1 is 1.43 bits per heavy atom. The van der Waals surface area contributed by atoms with Crippen LogP contribution < -0.4 is 5.32 Å². The second-order valence-electron chi connectivity index (χ2n) is 5.05. The number of nitrogens with zero attached hydrogens (tertiary/aromatic N) is 2. The Morgan fingerprint density at radius 2 is 2.10 bits per heavy atom. The van der Waals surface area contributed by atoms with Gasteiger partial charge in [-0.15, -0.1) is 12.4 Å². The van der Waals surface area contributed by atoms with Crippen LogP contribution in [0, 0.1) is 5.82 Å². The number of hydrogen-bond donors (Lipinski definition) is 1. The largest absolute Gasteiger partial charge is 0.339 e. The van der Waals surface area contributed by atoms with E-state index in [1.807, 2.05) is 16.8 Å². The summed E-state index contributed by atoms with van der Waals surface area (Å²) in [5.41, 5.74) is 0.980. The zero-order valence-corrected chi connectivity index (χ0v) is 14.3. The molecule has 1 heterocycles. The van der Waals surface area contributed by atoms with Crippen LogP contribution in [0.25, 0.3) is 0 Å². The number of carbonyl (C=O) groups excluding carboxylic acids is 1. The molecule has 1 aliphatic rings. The summed E-state index contributed by atoms with van der Waals surface area (Å²) in [6.45, 7) is 4.27. The molecule has 7 heteroatoms. The Balaban J connectivity index is 0.00000220. The van der Waals surface area contributed by atoms with Crippen LogP contribution in [0.1, 0.15) is 5.56 Å². The molecule has 4 nitrogen and oxygen atoms in total. The van der Waals surface area contributed by atoms with E-state index in [9.17, 15) is 9.18 Å². The summed E-state index contributed by atoms with van der Waals surface area (Å²) in [4.78, 5) is 15.9. The van der Waals surface area contributed by atoms with Crippen LogP contribution in [0.5, 0.6) is 0 Å². The van der Waals surface area contributed by atoms with Crippen molar-refractivity contribution in [1.29, 1.82) is 0 Å². The molecule has 0 saturated carbocycles. The quantitative estimate of drug-likeness (QED) is 0.866. The fourth-order valence-electron chi connectivity index (χ4n) is 2.25. The Hall–Kier alpha value is -0.690. The van der Waals surface area contributed by atoms with Gasteiger partial charge in [0, 0.05) is 32.7 Å². The summed E-state index contributed by atoms with van der Waals surface area (Å²) in [6, 6.07) is 4.93. The van der Waals surface area contributed by atoms with E-state index in [1.54, 1.807) is 12.1 Å². The molecule has 0 aromatic heterocycles. The molecule has 0 atom stereocenters. The van der Waals surface area contributed by atoms with Crippen molar-refractivity contribution in [3.63, 3.8) is 0 Å². The summed E-state index contributed by atoms with van der Waals surface area (Å²) in [5.74, 6) is -0.122. The van der Waals surface area contributed by atoms with Crippen molar-refractivity contribution < 1.29 is 9.18 Å². The van der Waals surface area contributed by atoms with Gasteiger partial charge in [-0.25, -0.2) is 4.39 Å². The smallest absolute Gasteiger partial charge is 0.236 e. The van der Waals surface area contributed by atoms with E-state index in [0.29, 0.717) is 17.6 Å². The third-order valence-corrected chi connectivity index (χ3v) is 3.92. The van der Waals surface area contributed by atoms with Crippen LogP contribution in [0.2, 0.25) is 0 Å². The summed E-state index contributed by atoms with van der Waals surface area (Å²) in [6.07, 6.45) is 0. The predicted octanol–water partition coefficient (Wildman–Crippen LogP) is 1.87. The number of piperazine rings is 1. The van der Waals surface area contributed by atoms with E-state index in [4.69, 9.17) is 0 Å². The van der Waals surface area contributed by atoms with Gasteiger partial charge < -0.3 is 10.2 Å². The highest BCUT2D eigenvalue weighted by atomic mass is 79.9. The van der Waals surface area contributed by atoms with Crippen molar-refractivity contribution >= 4 is 34.2 Å². The third-order valence-electron chi connectivity index (χ3n) is 3.31. The van der Waals surface area contributed by atoms with Crippen molar-refractivity contribution in [1.82, 2.24) is 15.1 Å². The fourth-order valence-corrected chi connectivity index (χ4v) is 2.68. The van der Waals surface area contributed by atoms with E-state index >= 15 is 0 Å². The van der Waals surface area contributed by atoms with Crippen LogP contribution in [0.3, 0.4) is 0 Å². The highest BCUT2D eigenvalue weighted by Gasteiger charge is 2.17. The molecule has 1 amide bonds. The van der Waals surface area contributed by atoms with E-state index in [2.05, 4.69) is 21.2 Å². The van der Waals surface area contributed by atoms with Gasteiger partial charge in [0.05, 0.1) is 11.0 Å². The lowest BCUT2D eigenvalue weighted by atomic mass is 10.2. The monoisotopic (exact) mass is 379 g/mol. The number of likely N-dealkylation sites (N-methyl/N-ethyl adjacent to an activating group) is 1. The maximum absolute atomic E-state index is 13.2. The number of hydrogen-bond acceptors (Lipinski definition) is 3. The zero-order valence-electron chi connectivity index (χ0n) is 11.9. The van der Waals surface area contributed by atoms with Crippen molar-refractivity contribution in [2.24, 2.45) is 0 Å². The first-order valence-corrected chi connectivity index (χ1v) is 7.46. The number of nitrogens with one attached hydrogen (secondary N) is 1. The van der Waals surface area contributed by atoms with Crippen LogP contribution in [-0.4, -0.2) is 55.5 Å². The van der Waals surface area contributed by atoms with Crippen molar-refractivity contribution in [2.45, 2.75) is 6.54 Å². The first-order valence-electron chi connectivity index (χ1n) is 6.67. The van der Waals surface area contributed by atoms with Crippen LogP contribution in [-0.2, 0) is 11.3 Å². The summed E-state index contributed by atoms with van der Waals surface area (Å²) in [7, 11) is 1.90. The Kier molecular flexibility index (Phi) is 7.59. The normalized spacial score (nSPS) is 15.0. The molecular weight excluding hydrogens is 361 g/mol. The molecule has 1 N–H and O–H groups in total. The van der Waals surface area contributed by atoms with E-state index in [1.165, 1.54) is 6.07 Å². The molecule has 0 bridgehead atoms. The Bertz CT molecular complexity index is 483. The molecule has 21 heavy (non-hydrogen) atoms. The third kappa shape index (κ3) is 5.54. The van der Waals surface area contributed by atoms with Gasteiger partial charge in [-0.05, 0) is 40.7 Å². The lowest BCUT2D eigenvalue weighted by Crippen LogP contribution is -2.49. The average Bonchev–Trinajstić information content (AvgIpc) is 2.44. The van der Waals surface area contributed by atoms with Crippen LogP contribution in [0.4, 0.5) is 4.39 Å². The van der Waals surface area contributed by atoms with E-state index < -0.39 is 0 Å². The average molecular weight is 381 g/mol. The first-order chi connectivity index (χ1) is 9.56. The Morgan fingerprint density at radius 3 is 2.71 bits per heavy atom. The van der Waals surface area contributed by atoms with Gasteiger partial charge in [-0.1, -0.05) is 6.07 Å². The van der Waals surface area contributed by atoms with Crippen LogP contribution in [0.15, 0.2) is 22.7 Å². The molecule has 0 aliphatic carbocycles. The maximum atomic E-state index is 13.2. The molecule has 118 valence electrons. The van der Waals surface area contributed by atoms with Gasteiger partial charge >= 0.3 is 0 Å². The van der Waals surface area contributed by atoms with Gasteiger partial charge in [-0.2, -0.15) is 0 Å². The number of carbonyl (C=O) groups is 1. The SMILES string of the molecule is CN(CC(=O)N1CCNCC1)Cc1ccc(F)c(Br)c1.Cl. The summed E-state index contributed by atoms with van der Waals surface area (Å²) in [5, 5.41) is 3.23. The second-order valence-corrected chi connectivity index (χ2v) is 5.91. The number of amides is 1. The van der Waals surface area contributed by atoms with E-state index in [-0.39, 0.29) is 24.1 Å². The van der Waals surface area contributed by atoms with Gasteiger partial charge in [-0.3, -0.25) is 9.69 Å². The minimum Gasteiger partial charge on any atom is -0.339 e. The zero-order chi connectivity index (χ0) is 14.5. The molecule has 2 rings (SSSR count).